The largest absolute Gasteiger partial charge is 0.390 e. The van der Waals surface area contributed by atoms with E-state index < -0.39 is 12.1 Å². The van der Waals surface area contributed by atoms with Crippen molar-refractivity contribution in [2.45, 2.75) is 44.9 Å². The van der Waals surface area contributed by atoms with Crippen molar-refractivity contribution in [1.82, 2.24) is 20.6 Å². The van der Waals surface area contributed by atoms with Crippen molar-refractivity contribution in [3.05, 3.63) is 102 Å². The monoisotopic (exact) mass is 566 g/mol. The van der Waals surface area contributed by atoms with Crippen molar-refractivity contribution in [2.75, 3.05) is 29.9 Å². The zero-order valence-electron chi connectivity index (χ0n) is 23.8. The third-order valence-corrected chi connectivity index (χ3v) is 7.41. The van der Waals surface area contributed by atoms with Crippen molar-refractivity contribution >= 4 is 23.2 Å². The number of nitrogens with zero attached hydrogens (tertiary/aromatic N) is 2. The molecule has 1 aromatic heterocycles. The predicted octanol–water partition coefficient (Wildman–Crippen LogP) is 4.13. The first kappa shape index (κ1) is 29.0. The molecule has 3 aromatic carbocycles. The number of imidazole rings is 1. The highest BCUT2D eigenvalue weighted by molar-refractivity contribution is 6.00. The van der Waals surface area contributed by atoms with E-state index in [1.165, 1.54) is 0 Å². The maximum Gasteiger partial charge on any atom is 0.251 e. The van der Waals surface area contributed by atoms with Crippen LogP contribution in [0, 0.1) is 0 Å². The Balaban J connectivity index is 1.29. The number of carbonyl (C=O) groups excluding carboxylic acids is 2. The SMILES string of the molecule is CCNc1cc(C(=O)N[C@@H](Cc2ccccc2)[C@@H](O)CNCc2cccc(-c3ncc[nH]3)c2)cc(N2CCCC2=O)c1. The molecule has 0 spiro atoms. The summed E-state index contributed by atoms with van der Waals surface area (Å²) in [5, 5.41) is 21.0. The molecule has 218 valence electrons. The average Bonchev–Trinajstić information content (AvgIpc) is 3.70. The molecule has 0 unspecified atom stereocenters. The van der Waals surface area contributed by atoms with Crippen LogP contribution in [0.25, 0.3) is 11.4 Å². The standard InChI is InChI=1S/C33H38N6O3/c1-2-35-27-18-26(19-28(20-27)39-15-7-12-31(39)41)33(42)38-29(17-23-8-4-3-5-9-23)30(40)22-34-21-24-10-6-11-25(16-24)32-36-13-14-37-32/h3-6,8-11,13-14,16,18-20,29-30,34-35,40H,2,7,12,15,17,21-22H2,1H3,(H,36,37)(H,38,42)/t29-,30-/m0/s1. The number of aliphatic hydroxyl groups is 1. The molecule has 5 rings (SSSR count). The maximum absolute atomic E-state index is 13.6. The van der Waals surface area contributed by atoms with Crippen LogP contribution in [-0.4, -0.2) is 58.7 Å². The first-order chi connectivity index (χ1) is 20.5. The van der Waals surface area contributed by atoms with E-state index in [2.05, 4.69) is 32.0 Å². The van der Waals surface area contributed by atoms with E-state index in [4.69, 9.17) is 0 Å². The lowest BCUT2D eigenvalue weighted by Crippen LogP contribution is -2.48. The van der Waals surface area contributed by atoms with Crippen molar-refractivity contribution in [1.29, 1.82) is 0 Å². The number of amides is 2. The number of anilines is 2. The highest BCUT2D eigenvalue weighted by atomic mass is 16.3. The van der Waals surface area contributed by atoms with Crippen LogP contribution in [0.1, 0.15) is 41.3 Å². The third kappa shape index (κ3) is 7.43. The summed E-state index contributed by atoms with van der Waals surface area (Å²) in [5.74, 6) is 0.569. The van der Waals surface area contributed by atoms with Gasteiger partial charge in [0.05, 0.1) is 12.1 Å². The van der Waals surface area contributed by atoms with Crippen LogP contribution >= 0.6 is 0 Å². The van der Waals surface area contributed by atoms with Crippen LogP contribution < -0.4 is 20.9 Å². The van der Waals surface area contributed by atoms with Crippen LogP contribution in [0.3, 0.4) is 0 Å². The number of nitrogens with one attached hydrogen (secondary N) is 4. The van der Waals surface area contributed by atoms with E-state index in [0.717, 1.165) is 34.6 Å². The van der Waals surface area contributed by atoms with Gasteiger partial charge in [-0.25, -0.2) is 4.98 Å². The molecule has 0 aliphatic carbocycles. The summed E-state index contributed by atoms with van der Waals surface area (Å²) >= 11 is 0. The van der Waals surface area contributed by atoms with Gasteiger partial charge in [0.25, 0.3) is 5.91 Å². The first-order valence-corrected chi connectivity index (χ1v) is 14.5. The van der Waals surface area contributed by atoms with Gasteiger partial charge in [0.1, 0.15) is 5.82 Å². The molecule has 2 heterocycles. The van der Waals surface area contributed by atoms with E-state index in [9.17, 15) is 14.7 Å². The smallest absolute Gasteiger partial charge is 0.251 e. The zero-order chi connectivity index (χ0) is 29.3. The molecular weight excluding hydrogens is 528 g/mol. The lowest BCUT2D eigenvalue weighted by Gasteiger charge is -2.25. The molecule has 0 saturated carbocycles. The minimum Gasteiger partial charge on any atom is -0.390 e. The molecule has 1 fully saturated rings. The second-order valence-corrected chi connectivity index (χ2v) is 10.6. The minimum absolute atomic E-state index is 0.0631. The van der Waals surface area contributed by atoms with E-state index in [-0.39, 0.29) is 18.4 Å². The summed E-state index contributed by atoms with van der Waals surface area (Å²) in [6.07, 6.45) is 4.45. The summed E-state index contributed by atoms with van der Waals surface area (Å²) in [5.41, 5.74) is 4.99. The Hall–Kier alpha value is -4.47. The normalized spacial score (nSPS) is 14.5. The Labute approximate surface area is 246 Å². The number of carbonyl (C=O) groups is 2. The molecule has 2 amide bonds. The Morgan fingerprint density at radius 3 is 2.64 bits per heavy atom. The summed E-state index contributed by atoms with van der Waals surface area (Å²) in [6.45, 7) is 4.15. The number of aromatic nitrogens is 2. The van der Waals surface area contributed by atoms with Crippen molar-refractivity contribution < 1.29 is 14.7 Å². The molecule has 9 nitrogen and oxygen atoms in total. The maximum atomic E-state index is 13.6. The van der Waals surface area contributed by atoms with E-state index in [1.807, 2.05) is 61.5 Å². The molecule has 1 aliphatic heterocycles. The molecule has 0 bridgehead atoms. The van der Waals surface area contributed by atoms with Gasteiger partial charge in [-0.1, -0.05) is 48.5 Å². The van der Waals surface area contributed by atoms with Crippen molar-refractivity contribution in [3.63, 3.8) is 0 Å². The second kappa shape index (κ2) is 13.9. The lowest BCUT2D eigenvalue weighted by atomic mass is 10.00. The Kier molecular flexibility index (Phi) is 9.63. The van der Waals surface area contributed by atoms with Gasteiger partial charge < -0.3 is 30.9 Å². The van der Waals surface area contributed by atoms with E-state index in [0.29, 0.717) is 43.7 Å². The van der Waals surface area contributed by atoms with E-state index in [1.54, 1.807) is 29.4 Å². The lowest BCUT2D eigenvalue weighted by molar-refractivity contribution is -0.117. The average molecular weight is 567 g/mol. The zero-order valence-corrected chi connectivity index (χ0v) is 23.8. The molecule has 4 aromatic rings. The van der Waals surface area contributed by atoms with Crippen molar-refractivity contribution in [3.8, 4) is 11.4 Å². The molecule has 9 heteroatoms. The Bertz CT molecular complexity index is 1470. The van der Waals surface area contributed by atoms with Gasteiger partial charge in [0.2, 0.25) is 5.91 Å². The van der Waals surface area contributed by atoms with Crippen LogP contribution in [0.4, 0.5) is 11.4 Å². The van der Waals surface area contributed by atoms with E-state index >= 15 is 0 Å². The Morgan fingerprint density at radius 2 is 1.90 bits per heavy atom. The minimum atomic E-state index is -0.848. The van der Waals surface area contributed by atoms with Crippen LogP contribution in [0.5, 0.6) is 0 Å². The fraction of sp³-hybridized carbons (Fsp3) is 0.303. The third-order valence-electron chi connectivity index (χ3n) is 7.41. The quantitative estimate of drug-likeness (QED) is 0.166. The number of aromatic amines is 1. The molecule has 1 saturated heterocycles. The van der Waals surface area contributed by atoms with Gasteiger partial charge in [-0.2, -0.15) is 0 Å². The number of rotatable bonds is 13. The summed E-state index contributed by atoms with van der Waals surface area (Å²) in [7, 11) is 0. The van der Waals surface area contributed by atoms with Gasteiger partial charge in [-0.3, -0.25) is 9.59 Å². The van der Waals surface area contributed by atoms with Crippen LogP contribution in [0.15, 0.2) is 85.2 Å². The fourth-order valence-electron chi connectivity index (χ4n) is 5.29. The fourth-order valence-corrected chi connectivity index (χ4v) is 5.29. The molecule has 0 radical (unpaired) electrons. The number of hydrogen-bond acceptors (Lipinski definition) is 6. The molecule has 42 heavy (non-hydrogen) atoms. The number of hydrogen-bond donors (Lipinski definition) is 5. The van der Waals surface area contributed by atoms with Crippen LogP contribution in [-0.2, 0) is 17.8 Å². The summed E-state index contributed by atoms with van der Waals surface area (Å²) in [6, 6.07) is 22.8. The van der Waals surface area contributed by atoms with Gasteiger partial charge in [0, 0.05) is 67.5 Å². The van der Waals surface area contributed by atoms with Crippen LogP contribution in [0.2, 0.25) is 0 Å². The molecule has 1 aliphatic rings. The van der Waals surface area contributed by atoms with Gasteiger partial charge in [-0.15, -0.1) is 0 Å². The molecular formula is C33H38N6O3. The first-order valence-electron chi connectivity index (χ1n) is 14.5. The summed E-state index contributed by atoms with van der Waals surface area (Å²) in [4.78, 5) is 35.2. The molecule has 2 atom stereocenters. The Morgan fingerprint density at radius 1 is 1.07 bits per heavy atom. The topological polar surface area (TPSA) is 122 Å². The number of H-pyrrole nitrogens is 1. The van der Waals surface area contributed by atoms with Gasteiger partial charge in [0.15, 0.2) is 0 Å². The molecule has 5 N–H and O–H groups in total. The predicted molar refractivity (Wildman–Crippen MR) is 165 cm³/mol. The van der Waals surface area contributed by atoms with Gasteiger partial charge in [-0.05, 0) is 55.2 Å². The second-order valence-electron chi connectivity index (χ2n) is 10.6. The number of aliphatic hydroxyl groups excluding tert-OH is 1. The highest BCUT2D eigenvalue weighted by Crippen LogP contribution is 2.27. The summed E-state index contributed by atoms with van der Waals surface area (Å²) < 4.78 is 0. The van der Waals surface area contributed by atoms with Crippen molar-refractivity contribution in [2.24, 2.45) is 0 Å². The highest BCUT2D eigenvalue weighted by Gasteiger charge is 2.26. The van der Waals surface area contributed by atoms with Gasteiger partial charge >= 0.3 is 0 Å². The number of benzene rings is 3.